The van der Waals surface area contributed by atoms with Gasteiger partial charge in [0.2, 0.25) is 0 Å². The maximum atomic E-state index is 6.85. The number of aryl methyl sites for hydroxylation is 4. The number of rotatable bonds is 7. The van der Waals surface area contributed by atoms with Crippen molar-refractivity contribution in [2.75, 3.05) is 9.80 Å². The van der Waals surface area contributed by atoms with Crippen LogP contribution >= 0.6 is 0 Å². The van der Waals surface area contributed by atoms with E-state index in [0.717, 1.165) is 78.2 Å². The van der Waals surface area contributed by atoms with E-state index in [1.54, 1.807) is 0 Å². The summed E-state index contributed by atoms with van der Waals surface area (Å²) < 4.78 is 9.31. The van der Waals surface area contributed by atoms with Crippen molar-refractivity contribution in [3.05, 3.63) is 210 Å². The lowest BCUT2D eigenvalue weighted by Crippen LogP contribution is -2.10. The van der Waals surface area contributed by atoms with Crippen LogP contribution in [0.3, 0.4) is 0 Å². The molecule has 0 fully saturated rings. The van der Waals surface area contributed by atoms with Crippen LogP contribution in [0.25, 0.3) is 60.2 Å². The zero-order valence-corrected chi connectivity index (χ0v) is 34.1. The topological polar surface area (TPSA) is 24.6 Å². The van der Waals surface area contributed by atoms with E-state index in [1.807, 2.05) is 0 Å². The standard InChI is InChI=1S/C56H43N3O/c1-36-12-20-41(21-13-36)57(42-22-14-37(2)15-23-42)45-28-30-48-50-35-56-51(34-54(50)59(53(48)32-45)52-11-7-9-40-8-5-6-10-47(40)52)49-31-29-46(33-55(49)60-56)58(43-24-16-38(3)17-25-43)44-26-18-39(4)19-27-44/h5-35H,1-4H3. The van der Waals surface area contributed by atoms with Crippen molar-refractivity contribution in [1.82, 2.24) is 4.57 Å². The molecule has 0 amide bonds. The number of fused-ring (bicyclic) bond motifs is 7. The number of hydrogen-bond donors (Lipinski definition) is 0. The van der Waals surface area contributed by atoms with Crippen molar-refractivity contribution >= 4 is 88.6 Å². The fraction of sp³-hybridized carbons (Fsp3) is 0.0714. The number of aromatic nitrogens is 1. The zero-order chi connectivity index (χ0) is 40.5. The van der Waals surface area contributed by atoms with E-state index in [0.29, 0.717) is 0 Å². The summed E-state index contributed by atoms with van der Waals surface area (Å²) in [5.74, 6) is 0. The Bertz CT molecular complexity index is 3300. The molecular weight excluding hydrogens is 731 g/mol. The second-order valence-corrected chi connectivity index (χ2v) is 16.2. The Morgan fingerprint density at radius 3 is 1.35 bits per heavy atom. The van der Waals surface area contributed by atoms with E-state index in [-0.39, 0.29) is 0 Å². The quantitative estimate of drug-likeness (QED) is 0.161. The molecule has 4 heteroatoms. The normalized spacial score (nSPS) is 11.7. The third-order valence-electron chi connectivity index (χ3n) is 12.0. The number of hydrogen-bond acceptors (Lipinski definition) is 3. The molecule has 0 bridgehead atoms. The molecule has 0 radical (unpaired) electrons. The highest BCUT2D eigenvalue weighted by Crippen LogP contribution is 2.44. The van der Waals surface area contributed by atoms with Crippen LogP contribution in [-0.2, 0) is 0 Å². The van der Waals surface area contributed by atoms with Crippen molar-refractivity contribution in [3.8, 4) is 5.69 Å². The predicted molar refractivity (Wildman–Crippen MR) is 254 cm³/mol. The molecule has 2 aromatic heterocycles. The van der Waals surface area contributed by atoms with E-state index < -0.39 is 0 Å². The maximum absolute atomic E-state index is 6.85. The highest BCUT2D eigenvalue weighted by atomic mass is 16.3. The fourth-order valence-electron chi connectivity index (χ4n) is 8.87. The minimum Gasteiger partial charge on any atom is -0.456 e. The van der Waals surface area contributed by atoms with Crippen molar-refractivity contribution in [2.45, 2.75) is 27.7 Å². The number of benzene rings is 9. The molecule has 0 aliphatic carbocycles. The lowest BCUT2D eigenvalue weighted by atomic mass is 10.1. The van der Waals surface area contributed by atoms with Crippen LogP contribution in [0, 0.1) is 27.7 Å². The lowest BCUT2D eigenvalue weighted by Gasteiger charge is -2.26. The summed E-state index contributed by atoms with van der Waals surface area (Å²) in [5.41, 5.74) is 16.6. The van der Waals surface area contributed by atoms with Gasteiger partial charge in [0, 0.05) is 67.1 Å². The summed E-state index contributed by atoms with van der Waals surface area (Å²) in [5, 5.41) is 6.90. The van der Waals surface area contributed by atoms with Gasteiger partial charge in [-0.15, -0.1) is 0 Å². The van der Waals surface area contributed by atoms with Crippen molar-refractivity contribution < 1.29 is 4.42 Å². The summed E-state index contributed by atoms with van der Waals surface area (Å²) >= 11 is 0. The van der Waals surface area contributed by atoms with E-state index in [1.165, 1.54) is 38.4 Å². The largest absolute Gasteiger partial charge is 0.456 e. The molecule has 11 rings (SSSR count). The summed E-state index contributed by atoms with van der Waals surface area (Å²) in [7, 11) is 0. The molecule has 2 heterocycles. The Morgan fingerprint density at radius 2 is 0.783 bits per heavy atom. The third-order valence-corrected chi connectivity index (χ3v) is 12.0. The molecule has 0 unspecified atom stereocenters. The number of nitrogens with zero attached hydrogens (tertiary/aromatic N) is 3. The molecule has 0 aliphatic rings. The van der Waals surface area contributed by atoms with Crippen LogP contribution in [0.15, 0.2) is 192 Å². The molecule has 60 heavy (non-hydrogen) atoms. The van der Waals surface area contributed by atoms with Crippen molar-refractivity contribution in [3.63, 3.8) is 0 Å². The Balaban J connectivity index is 1.14. The Kier molecular flexibility index (Phi) is 8.35. The molecule has 0 saturated carbocycles. The first-order valence-corrected chi connectivity index (χ1v) is 20.7. The van der Waals surface area contributed by atoms with Gasteiger partial charge in [-0.3, -0.25) is 0 Å². The summed E-state index contributed by atoms with van der Waals surface area (Å²) in [4.78, 5) is 4.66. The smallest absolute Gasteiger partial charge is 0.137 e. The lowest BCUT2D eigenvalue weighted by molar-refractivity contribution is 0.669. The fourth-order valence-corrected chi connectivity index (χ4v) is 8.87. The van der Waals surface area contributed by atoms with Crippen LogP contribution in [0.4, 0.5) is 34.1 Å². The SMILES string of the molecule is Cc1ccc(N(c2ccc(C)cc2)c2ccc3c(c2)oc2cc4c5ccc(N(c6ccc(C)cc6)c6ccc(C)cc6)cc5n(-c5cccc6ccccc56)c4cc23)cc1. The van der Waals surface area contributed by atoms with Gasteiger partial charge in [0.05, 0.1) is 16.7 Å². The highest BCUT2D eigenvalue weighted by molar-refractivity contribution is 6.18. The monoisotopic (exact) mass is 773 g/mol. The van der Waals surface area contributed by atoms with Gasteiger partial charge in [-0.25, -0.2) is 0 Å². The first-order valence-electron chi connectivity index (χ1n) is 20.7. The molecule has 0 aliphatic heterocycles. The zero-order valence-electron chi connectivity index (χ0n) is 34.1. The van der Waals surface area contributed by atoms with Gasteiger partial charge in [0.25, 0.3) is 0 Å². The first kappa shape index (κ1) is 35.6. The summed E-state index contributed by atoms with van der Waals surface area (Å²) in [6.07, 6.45) is 0. The van der Waals surface area contributed by atoms with Crippen LogP contribution in [-0.4, -0.2) is 4.57 Å². The van der Waals surface area contributed by atoms with Crippen LogP contribution < -0.4 is 9.80 Å². The van der Waals surface area contributed by atoms with Gasteiger partial charge in [-0.1, -0.05) is 113 Å². The second-order valence-electron chi connectivity index (χ2n) is 16.2. The van der Waals surface area contributed by atoms with Gasteiger partial charge in [-0.2, -0.15) is 0 Å². The van der Waals surface area contributed by atoms with Crippen LogP contribution in [0.2, 0.25) is 0 Å². The number of anilines is 6. The minimum atomic E-state index is 0.856. The molecule has 11 aromatic rings. The van der Waals surface area contributed by atoms with Crippen LogP contribution in [0.1, 0.15) is 22.3 Å². The van der Waals surface area contributed by atoms with Gasteiger partial charge in [0.1, 0.15) is 11.2 Å². The van der Waals surface area contributed by atoms with Crippen LogP contribution in [0.5, 0.6) is 0 Å². The Labute approximate surface area is 349 Å². The molecular formula is C56H43N3O. The molecule has 9 aromatic carbocycles. The van der Waals surface area contributed by atoms with Gasteiger partial charge >= 0.3 is 0 Å². The average molecular weight is 774 g/mol. The highest BCUT2D eigenvalue weighted by Gasteiger charge is 2.22. The van der Waals surface area contributed by atoms with Gasteiger partial charge < -0.3 is 18.8 Å². The van der Waals surface area contributed by atoms with E-state index in [2.05, 4.69) is 230 Å². The predicted octanol–water partition coefficient (Wildman–Crippen LogP) is 16.0. The van der Waals surface area contributed by atoms with Crippen molar-refractivity contribution in [2.24, 2.45) is 0 Å². The number of furan rings is 1. The molecule has 288 valence electrons. The Morgan fingerprint density at radius 1 is 0.333 bits per heavy atom. The van der Waals surface area contributed by atoms with E-state index in [9.17, 15) is 0 Å². The molecule has 4 nitrogen and oxygen atoms in total. The second kappa shape index (κ2) is 14.1. The van der Waals surface area contributed by atoms with E-state index in [4.69, 9.17) is 4.42 Å². The molecule has 0 atom stereocenters. The van der Waals surface area contributed by atoms with Gasteiger partial charge in [-0.05, 0) is 124 Å². The van der Waals surface area contributed by atoms with Crippen molar-refractivity contribution in [1.29, 1.82) is 0 Å². The molecule has 0 saturated heterocycles. The Hall–Kier alpha value is -7.56. The summed E-state index contributed by atoms with van der Waals surface area (Å²) in [6, 6.07) is 68.5. The van der Waals surface area contributed by atoms with E-state index >= 15 is 0 Å². The minimum absolute atomic E-state index is 0.856. The first-order chi connectivity index (χ1) is 29.4. The molecule has 0 N–H and O–H groups in total. The molecule has 0 spiro atoms. The average Bonchev–Trinajstić information content (AvgIpc) is 3.79. The van der Waals surface area contributed by atoms with Gasteiger partial charge in [0.15, 0.2) is 0 Å². The summed E-state index contributed by atoms with van der Waals surface area (Å²) in [6.45, 7) is 8.53. The maximum Gasteiger partial charge on any atom is 0.137 e. The third kappa shape index (κ3) is 5.99.